The van der Waals surface area contributed by atoms with Crippen molar-refractivity contribution in [2.24, 2.45) is 0 Å². The number of benzene rings is 1. The van der Waals surface area contributed by atoms with Gasteiger partial charge in [-0.05, 0) is 12.5 Å². The molecule has 0 saturated carbocycles. The van der Waals surface area contributed by atoms with Crippen LogP contribution in [0, 0.1) is 24.4 Å². The summed E-state index contributed by atoms with van der Waals surface area (Å²) in [6.45, 7) is 0.219. The van der Waals surface area contributed by atoms with Gasteiger partial charge < -0.3 is 0 Å². The van der Waals surface area contributed by atoms with E-state index in [1.807, 2.05) is 0 Å². The van der Waals surface area contributed by atoms with Crippen LogP contribution in [-0.4, -0.2) is 0 Å². The van der Waals surface area contributed by atoms with Crippen molar-refractivity contribution in [2.45, 2.75) is 19.3 Å². The van der Waals surface area contributed by atoms with Gasteiger partial charge in [-0.15, -0.1) is 0 Å². The Kier molecular flexibility index (Phi) is 3.30. The summed E-state index contributed by atoms with van der Waals surface area (Å²) in [4.78, 5) is 0. The average molecular weight is 282 g/mol. The molecule has 9 heteroatoms. The monoisotopic (exact) mass is 282 g/mol. The summed E-state index contributed by atoms with van der Waals surface area (Å²) in [7, 11) is 0. The summed E-state index contributed by atoms with van der Waals surface area (Å²) in [5.74, 6) is -8.18. The first-order valence-electron chi connectivity index (χ1n) is 4.20. The normalized spacial score (nSPS) is 13.0. The van der Waals surface area contributed by atoms with Gasteiger partial charge in [0.05, 0.1) is 11.1 Å². The minimum atomic E-state index is -5.57. The van der Waals surface area contributed by atoms with E-state index in [2.05, 4.69) is 0 Å². The van der Waals surface area contributed by atoms with Crippen molar-refractivity contribution in [1.82, 2.24) is 0 Å². The highest BCUT2D eigenvalue weighted by molar-refractivity contribution is 5.40. The topological polar surface area (TPSA) is 0 Å². The Morgan fingerprint density at radius 2 is 0.889 bits per heavy atom. The highest BCUT2D eigenvalue weighted by atomic mass is 19.4. The maximum atomic E-state index is 12.9. The molecule has 0 radical (unpaired) electrons. The fourth-order valence-corrected chi connectivity index (χ4v) is 1.44. The average Bonchev–Trinajstić information content (AvgIpc) is 2.09. The molecule has 0 saturated heterocycles. The van der Waals surface area contributed by atoms with Crippen LogP contribution in [0.15, 0.2) is 0 Å². The molecule has 18 heavy (non-hydrogen) atoms. The molecule has 1 aromatic carbocycles. The molecule has 0 N–H and O–H groups in total. The molecule has 0 fully saturated rings. The van der Waals surface area contributed by atoms with Gasteiger partial charge >= 0.3 is 12.4 Å². The molecule has 102 valence electrons. The van der Waals surface area contributed by atoms with E-state index in [1.54, 1.807) is 0 Å². The van der Waals surface area contributed by atoms with Crippen LogP contribution in [0.25, 0.3) is 0 Å². The molecule has 0 aliphatic rings. The number of hydrogen-bond acceptors (Lipinski definition) is 0. The van der Waals surface area contributed by atoms with Crippen molar-refractivity contribution in [3.63, 3.8) is 0 Å². The van der Waals surface area contributed by atoms with Gasteiger partial charge in [-0.3, -0.25) is 0 Å². The number of rotatable bonds is 0. The van der Waals surface area contributed by atoms with Crippen LogP contribution in [0.4, 0.5) is 39.5 Å². The fourth-order valence-electron chi connectivity index (χ4n) is 1.44. The van der Waals surface area contributed by atoms with Crippen molar-refractivity contribution in [2.75, 3.05) is 0 Å². The minimum absolute atomic E-state index is 0.219. The van der Waals surface area contributed by atoms with Gasteiger partial charge in [0.15, 0.2) is 17.5 Å². The van der Waals surface area contributed by atoms with Crippen LogP contribution in [0.3, 0.4) is 0 Å². The van der Waals surface area contributed by atoms with Gasteiger partial charge in [-0.25, -0.2) is 13.2 Å². The second-order valence-electron chi connectivity index (χ2n) is 3.31. The minimum Gasteiger partial charge on any atom is -0.203 e. The molecule has 0 spiro atoms. The Bertz CT molecular complexity index is 439. The molecule has 0 unspecified atom stereocenters. The van der Waals surface area contributed by atoms with Gasteiger partial charge in [0, 0.05) is 0 Å². The highest BCUT2D eigenvalue weighted by Gasteiger charge is 2.46. The van der Waals surface area contributed by atoms with Crippen LogP contribution in [-0.2, 0) is 12.4 Å². The summed E-state index contributed by atoms with van der Waals surface area (Å²) in [5, 5.41) is 0. The van der Waals surface area contributed by atoms with Gasteiger partial charge in [0.25, 0.3) is 0 Å². The third-order valence-electron chi connectivity index (χ3n) is 2.14. The van der Waals surface area contributed by atoms with E-state index < -0.39 is 46.5 Å². The molecule has 0 nitrogen and oxygen atoms in total. The second kappa shape index (κ2) is 4.06. The number of hydrogen-bond donors (Lipinski definition) is 0. The summed E-state index contributed by atoms with van der Waals surface area (Å²) in [6.07, 6.45) is -11.1. The predicted octanol–water partition coefficient (Wildman–Crippen LogP) is 4.45. The molecule has 1 rings (SSSR count). The van der Waals surface area contributed by atoms with E-state index in [0.717, 1.165) is 0 Å². The Morgan fingerprint density at radius 3 is 1.11 bits per heavy atom. The Balaban J connectivity index is 3.83. The van der Waals surface area contributed by atoms with E-state index in [-0.39, 0.29) is 6.92 Å². The fraction of sp³-hybridized carbons (Fsp3) is 0.333. The number of halogens is 9. The molecule has 0 aliphatic heterocycles. The van der Waals surface area contributed by atoms with Crippen LogP contribution in [0.5, 0.6) is 0 Å². The molecule has 0 atom stereocenters. The van der Waals surface area contributed by atoms with Crippen molar-refractivity contribution in [3.8, 4) is 0 Å². The van der Waals surface area contributed by atoms with E-state index in [9.17, 15) is 39.5 Å². The summed E-state index contributed by atoms with van der Waals surface area (Å²) in [5.41, 5.74) is -6.67. The molecule has 0 aromatic heterocycles. The zero-order valence-corrected chi connectivity index (χ0v) is 8.40. The summed E-state index contributed by atoms with van der Waals surface area (Å²) in [6, 6.07) is 0. The van der Waals surface area contributed by atoms with Gasteiger partial charge in [-0.1, -0.05) is 0 Å². The quantitative estimate of drug-likeness (QED) is 0.487. The van der Waals surface area contributed by atoms with E-state index >= 15 is 0 Å². The lowest BCUT2D eigenvalue weighted by atomic mass is 9.99. The van der Waals surface area contributed by atoms with Crippen molar-refractivity contribution < 1.29 is 39.5 Å². The van der Waals surface area contributed by atoms with E-state index in [1.165, 1.54) is 0 Å². The maximum Gasteiger partial charge on any atom is 0.419 e. The Morgan fingerprint density at radius 1 is 0.611 bits per heavy atom. The smallest absolute Gasteiger partial charge is 0.203 e. The van der Waals surface area contributed by atoms with Gasteiger partial charge in [0.1, 0.15) is 0 Å². The SMILES string of the molecule is Cc1c(C(F)(F)F)c(F)c(F)c(F)c1C(F)(F)F. The number of alkyl halides is 6. The standard InChI is InChI=1S/C9H3F9/c1-2-3(8(13,14)15)5(10)7(12)6(11)4(2)9(16,17)18/h1H3. The van der Waals surface area contributed by atoms with Gasteiger partial charge in [-0.2, -0.15) is 26.3 Å². The lowest BCUT2D eigenvalue weighted by Gasteiger charge is -2.18. The Labute approximate surface area is 94.0 Å². The van der Waals surface area contributed by atoms with Crippen molar-refractivity contribution in [3.05, 3.63) is 34.1 Å². The molecule has 0 heterocycles. The van der Waals surface area contributed by atoms with Crippen LogP contribution in [0.1, 0.15) is 16.7 Å². The van der Waals surface area contributed by atoms with E-state index in [4.69, 9.17) is 0 Å². The molecular weight excluding hydrogens is 279 g/mol. The predicted molar refractivity (Wildman–Crippen MR) is 41.1 cm³/mol. The molecular formula is C9H3F9. The third-order valence-corrected chi connectivity index (χ3v) is 2.14. The first-order chi connectivity index (χ1) is 7.89. The van der Waals surface area contributed by atoms with Crippen LogP contribution in [0.2, 0.25) is 0 Å². The zero-order chi connectivity index (χ0) is 14.5. The maximum absolute atomic E-state index is 12.9. The first-order valence-corrected chi connectivity index (χ1v) is 4.20. The largest absolute Gasteiger partial charge is 0.419 e. The van der Waals surface area contributed by atoms with Crippen molar-refractivity contribution >= 4 is 0 Å². The molecule has 0 amide bonds. The van der Waals surface area contributed by atoms with Crippen molar-refractivity contribution in [1.29, 1.82) is 0 Å². The summed E-state index contributed by atoms with van der Waals surface area (Å²) >= 11 is 0. The molecule has 1 aromatic rings. The highest BCUT2D eigenvalue weighted by Crippen LogP contribution is 2.42. The third kappa shape index (κ3) is 2.25. The van der Waals surface area contributed by atoms with Gasteiger partial charge in [0.2, 0.25) is 0 Å². The van der Waals surface area contributed by atoms with E-state index in [0.29, 0.717) is 0 Å². The lowest BCUT2D eigenvalue weighted by Crippen LogP contribution is -2.20. The molecule has 0 aliphatic carbocycles. The zero-order valence-electron chi connectivity index (χ0n) is 8.40. The lowest BCUT2D eigenvalue weighted by molar-refractivity contribution is -0.147. The summed E-state index contributed by atoms with van der Waals surface area (Å²) < 4.78 is 112. The van der Waals surface area contributed by atoms with Crippen LogP contribution < -0.4 is 0 Å². The second-order valence-corrected chi connectivity index (χ2v) is 3.31. The molecule has 0 bridgehead atoms. The first kappa shape index (κ1) is 14.7. The Hall–Kier alpha value is -1.41. The van der Waals surface area contributed by atoms with Crippen LogP contribution >= 0.6 is 0 Å².